The van der Waals surface area contributed by atoms with Gasteiger partial charge in [-0.15, -0.1) is 12.4 Å². The lowest BCUT2D eigenvalue weighted by Gasteiger charge is -2.21. The van der Waals surface area contributed by atoms with Crippen molar-refractivity contribution in [3.8, 4) is 11.5 Å². The zero-order valence-electron chi connectivity index (χ0n) is 22.4. The van der Waals surface area contributed by atoms with E-state index in [0.717, 1.165) is 4.90 Å². The van der Waals surface area contributed by atoms with Crippen molar-refractivity contribution in [1.82, 2.24) is 9.88 Å². The largest absolute Gasteiger partial charge is 0.482 e. The number of hydrogen-bond acceptors (Lipinski definition) is 8. The number of ether oxygens (including phenoxy) is 2. The standard InChI is InChI=1S/C29H25N5O8.ClH/c30-29(31)32-20-7-4-18(5-8-20)28(40)42-22-9-11-23-19(13-22)6-10-24(33-23)27(39)34(15-25(35)36)14-17-2-1-3-21(12-17)41-16-26(37)38;/h1-13H,14-16H2,(H,35,36)(H,37,38)(H4,30,31,32);1H. The third-order valence-corrected chi connectivity index (χ3v) is 5.70. The van der Waals surface area contributed by atoms with Gasteiger partial charge in [-0.2, -0.15) is 0 Å². The Balaban J connectivity index is 0.00000506. The maximum atomic E-state index is 13.3. The highest BCUT2D eigenvalue weighted by Crippen LogP contribution is 2.23. The third kappa shape index (κ3) is 8.90. The van der Waals surface area contributed by atoms with Gasteiger partial charge in [0.2, 0.25) is 0 Å². The number of hydrogen-bond donors (Lipinski definition) is 4. The van der Waals surface area contributed by atoms with Gasteiger partial charge in [0.15, 0.2) is 12.6 Å². The van der Waals surface area contributed by atoms with Crippen molar-refractivity contribution in [2.24, 2.45) is 16.5 Å². The fourth-order valence-electron chi connectivity index (χ4n) is 3.90. The molecule has 43 heavy (non-hydrogen) atoms. The molecule has 1 aromatic heterocycles. The molecule has 222 valence electrons. The van der Waals surface area contributed by atoms with Gasteiger partial charge in [0.25, 0.3) is 5.91 Å². The number of carboxylic acids is 2. The Morgan fingerprint density at radius 2 is 1.60 bits per heavy atom. The highest BCUT2D eigenvalue weighted by atomic mass is 35.5. The summed E-state index contributed by atoms with van der Waals surface area (Å²) in [4.78, 5) is 57.5. The van der Waals surface area contributed by atoms with E-state index in [0.29, 0.717) is 22.2 Å². The molecule has 0 bridgehead atoms. The Labute approximate surface area is 250 Å². The number of nitrogens with zero attached hydrogens (tertiary/aromatic N) is 3. The number of pyridine rings is 1. The summed E-state index contributed by atoms with van der Waals surface area (Å²) in [6.07, 6.45) is 0. The van der Waals surface area contributed by atoms with Crippen LogP contribution in [0.4, 0.5) is 5.69 Å². The van der Waals surface area contributed by atoms with E-state index in [4.69, 9.17) is 26.0 Å². The number of aromatic nitrogens is 1. The Morgan fingerprint density at radius 3 is 2.28 bits per heavy atom. The lowest BCUT2D eigenvalue weighted by molar-refractivity contribution is -0.139. The normalized spacial score (nSPS) is 10.2. The molecule has 3 aromatic carbocycles. The molecule has 6 N–H and O–H groups in total. The first-order valence-corrected chi connectivity index (χ1v) is 12.3. The van der Waals surface area contributed by atoms with Gasteiger partial charge in [-0.25, -0.2) is 19.6 Å². The fourth-order valence-corrected chi connectivity index (χ4v) is 3.90. The van der Waals surface area contributed by atoms with Crippen LogP contribution in [-0.4, -0.2) is 63.0 Å². The van der Waals surface area contributed by atoms with Crippen LogP contribution in [-0.2, 0) is 16.1 Å². The molecule has 0 aliphatic heterocycles. The van der Waals surface area contributed by atoms with Crippen LogP contribution in [0.25, 0.3) is 10.9 Å². The van der Waals surface area contributed by atoms with E-state index >= 15 is 0 Å². The summed E-state index contributed by atoms with van der Waals surface area (Å²) < 4.78 is 10.6. The molecular weight excluding hydrogens is 582 g/mol. The van der Waals surface area contributed by atoms with Crippen LogP contribution < -0.4 is 20.9 Å². The molecule has 0 saturated carbocycles. The number of rotatable bonds is 11. The number of aliphatic imine (C=N–C) groups is 1. The van der Waals surface area contributed by atoms with Gasteiger partial charge in [-0.1, -0.05) is 18.2 Å². The number of carbonyl (C=O) groups excluding carboxylic acids is 2. The van der Waals surface area contributed by atoms with E-state index in [1.807, 2.05) is 0 Å². The lowest BCUT2D eigenvalue weighted by atomic mass is 10.1. The third-order valence-electron chi connectivity index (χ3n) is 5.70. The molecule has 4 rings (SSSR count). The van der Waals surface area contributed by atoms with Crippen LogP contribution >= 0.6 is 12.4 Å². The average molecular weight is 608 g/mol. The van der Waals surface area contributed by atoms with E-state index in [1.165, 1.54) is 30.3 Å². The molecule has 0 fully saturated rings. The first kappa shape index (κ1) is 31.8. The highest BCUT2D eigenvalue weighted by molar-refractivity contribution is 5.97. The molecule has 0 aliphatic carbocycles. The van der Waals surface area contributed by atoms with Crippen LogP contribution in [0, 0.1) is 0 Å². The molecule has 0 saturated heterocycles. The van der Waals surface area contributed by atoms with E-state index in [2.05, 4.69) is 9.98 Å². The van der Waals surface area contributed by atoms with E-state index in [9.17, 15) is 24.3 Å². The molecule has 14 heteroatoms. The molecule has 0 atom stereocenters. The Hall–Kier alpha value is -5.69. The second kappa shape index (κ2) is 14.3. The van der Waals surface area contributed by atoms with E-state index in [-0.39, 0.29) is 47.7 Å². The highest BCUT2D eigenvalue weighted by Gasteiger charge is 2.21. The number of amides is 1. The molecule has 0 aliphatic rings. The summed E-state index contributed by atoms with van der Waals surface area (Å²) >= 11 is 0. The summed E-state index contributed by atoms with van der Waals surface area (Å²) in [6.45, 7) is -1.23. The van der Waals surface area contributed by atoms with Gasteiger partial charge in [-0.05, 0) is 66.2 Å². The molecule has 0 spiro atoms. The van der Waals surface area contributed by atoms with Crippen molar-refractivity contribution < 1.29 is 38.9 Å². The van der Waals surface area contributed by atoms with Gasteiger partial charge in [-0.3, -0.25) is 9.59 Å². The van der Waals surface area contributed by atoms with Crippen LogP contribution in [0.2, 0.25) is 0 Å². The minimum atomic E-state index is -1.22. The van der Waals surface area contributed by atoms with E-state index in [1.54, 1.807) is 48.5 Å². The number of nitrogens with two attached hydrogens (primary N) is 2. The van der Waals surface area contributed by atoms with Crippen molar-refractivity contribution in [3.63, 3.8) is 0 Å². The molecule has 13 nitrogen and oxygen atoms in total. The van der Waals surface area contributed by atoms with Gasteiger partial charge < -0.3 is 36.1 Å². The number of carboxylic acid groups (broad SMARTS) is 2. The number of guanidine groups is 1. The quantitative estimate of drug-likeness (QED) is 0.0843. The minimum Gasteiger partial charge on any atom is -0.482 e. The Morgan fingerprint density at radius 1 is 0.860 bits per heavy atom. The van der Waals surface area contributed by atoms with Crippen LogP contribution in [0.1, 0.15) is 26.4 Å². The molecular formula is C29H26ClN5O8. The van der Waals surface area contributed by atoms with Crippen molar-refractivity contribution >= 4 is 58.8 Å². The van der Waals surface area contributed by atoms with Gasteiger partial charge in [0.1, 0.15) is 23.7 Å². The van der Waals surface area contributed by atoms with Gasteiger partial charge in [0, 0.05) is 11.9 Å². The van der Waals surface area contributed by atoms with Crippen molar-refractivity contribution in [2.75, 3.05) is 13.2 Å². The second-order valence-electron chi connectivity index (χ2n) is 8.91. The monoisotopic (exact) mass is 607 g/mol. The first-order valence-electron chi connectivity index (χ1n) is 12.3. The topological polar surface area (TPSA) is 208 Å². The first-order chi connectivity index (χ1) is 20.1. The number of halogens is 1. The minimum absolute atomic E-state index is 0. The molecule has 0 unspecified atom stereocenters. The molecule has 0 radical (unpaired) electrons. The van der Waals surface area contributed by atoms with Crippen LogP contribution in [0.3, 0.4) is 0 Å². The maximum absolute atomic E-state index is 13.3. The zero-order chi connectivity index (χ0) is 30.2. The maximum Gasteiger partial charge on any atom is 0.343 e. The van der Waals surface area contributed by atoms with Crippen molar-refractivity contribution in [2.45, 2.75) is 6.54 Å². The molecule has 4 aromatic rings. The molecule has 1 heterocycles. The van der Waals surface area contributed by atoms with Crippen molar-refractivity contribution in [3.05, 3.63) is 95.7 Å². The van der Waals surface area contributed by atoms with Gasteiger partial charge in [0.05, 0.1) is 16.8 Å². The Kier molecular flexibility index (Phi) is 10.6. The lowest BCUT2D eigenvalue weighted by Crippen LogP contribution is -2.35. The Bertz CT molecular complexity index is 1690. The second-order valence-corrected chi connectivity index (χ2v) is 8.91. The van der Waals surface area contributed by atoms with Crippen LogP contribution in [0.15, 0.2) is 83.9 Å². The predicted octanol–water partition coefficient (Wildman–Crippen LogP) is 2.97. The smallest absolute Gasteiger partial charge is 0.343 e. The molecule has 1 amide bonds. The number of fused-ring (bicyclic) bond motifs is 1. The SMILES string of the molecule is Cl.NC(N)=Nc1ccc(C(=O)Oc2ccc3nc(C(=O)N(CC(=O)O)Cc4cccc(OCC(=O)O)c4)ccc3c2)cc1. The summed E-state index contributed by atoms with van der Waals surface area (Å²) in [7, 11) is 0. The van der Waals surface area contributed by atoms with Gasteiger partial charge >= 0.3 is 17.9 Å². The zero-order valence-corrected chi connectivity index (χ0v) is 23.2. The summed E-state index contributed by atoms with van der Waals surface area (Å²) in [5, 5.41) is 18.8. The van der Waals surface area contributed by atoms with Crippen LogP contribution in [0.5, 0.6) is 11.5 Å². The average Bonchev–Trinajstić information content (AvgIpc) is 2.95. The summed E-state index contributed by atoms with van der Waals surface area (Å²) in [5.41, 5.74) is 12.4. The summed E-state index contributed by atoms with van der Waals surface area (Å²) in [5.74, 6) is -3.20. The number of benzene rings is 3. The predicted molar refractivity (Wildman–Crippen MR) is 158 cm³/mol. The fraction of sp³-hybridized carbons (Fsp3) is 0.103. The number of esters is 1. The van der Waals surface area contributed by atoms with E-state index < -0.39 is 37.0 Å². The van der Waals surface area contributed by atoms with Crippen molar-refractivity contribution in [1.29, 1.82) is 0 Å². The summed E-state index contributed by atoms with van der Waals surface area (Å²) in [6, 6.07) is 20.2. The number of aliphatic carboxylic acids is 2. The number of carbonyl (C=O) groups is 4.